The zero-order valence-corrected chi connectivity index (χ0v) is 11.3. The summed E-state index contributed by atoms with van der Waals surface area (Å²) in [6.45, 7) is 2.31. The van der Waals surface area contributed by atoms with Crippen molar-refractivity contribution in [3.63, 3.8) is 0 Å². The van der Waals surface area contributed by atoms with Crippen LogP contribution in [0.2, 0.25) is 0 Å². The van der Waals surface area contributed by atoms with Gasteiger partial charge in [0.2, 0.25) is 0 Å². The molecule has 2 rings (SSSR count). The largest absolute Gasteiger partial charge is 0.384 e. The van der Waals surface area contributed by atoms with Gasteiger partial charge in [-0.15, -0.1) is 0 Å². The zero-order chi connectivity index (χ0) is 13.7. The summed E-state index contributed by atoms with van der Waals surface area (Å²) < 4.78 is 0. The molecule has 1 atom stereocenters. The zero-order valence-electron chi connectivity index (χ0n) is 11.3. The fourth-order valence-electron chi connectivity index (χ4n) is 2.38. The Labute approximate surface area is 114 Å². The highest BCUT2D eigenvalue weighted by molar-refractivity contribution is 5.63. The second-order valence-corrected chi connectivity index (χ2v) is 4.93. The highest BCUT2D eigenvalue weighted by Gasteiger charge is 2.26. The number of aliphatic hydroxyl groups is 1. The van der Waals surface area contributed by atoms with Gasteiger partial charge < -0.3 is 10.8 Å². The molecule has 2 aromatic carbocycles. The van der Waals surface area contributed by atoms with Crippen LogP contribution in [0.25, 0.3) is 11.1 Å². The number of benzene rings is 2. The van der Waals surface area contributed by atoms with Gasteiger partial charge in [-0.2, -0.15) is 0 Å². The predicted molar refractivity (Wildman–Crippen MR) is 79.7 cm³/mol. The van der Waals surface area contributed by atoms with Gasteiger partial charge in [-0.25, -0.2) is 0 Å². The summed E-state index contributed by atoms with van der Waals surface area (Å²) in [6.07, 6.45) is 1.60. The Kier molecular flexibility index (Phi) is 4.35. The monoisotopic (exact) mass is 255 g/mol. The fourth-order valence-corrected chi connectivity index (χ4v) is 2.38. The second-order valence-electron chi connectivity index (χ2n) is 4.93. The lowest BCUT2D eigenvalue weighted by atomic mass is 9.88. The summed E-state index contributed by atoms with van der Waals surface area (Å²) in [7, 11) is 0. The van der Waals surface area contributed by atoms with Gasteiger partial charge in [0.25, 0.3) is 0 Å². The molecule has 0 aliphatic carbocycles. The molecule has 0 fully saturated rings. The Bertz CT molecular complexity index is 507. The maximum absolute atomic E-state index is 10.5. The Morgan fingerprint density at radius 1 is 0.947 bits per heavy atom. The molecule has 0 heterocycles. The van der Waals surface area contributed by atoms with E-state index in [0.717, 1.165) is 17.5 Å². The van der Waals surface area contributed by atoms with E-state index in [0.29, 0.717) is 6.42 Å². The van der Waals surface area contributed by atoms with Crippen molar-refractivity contribution in [1.29, 1.82) is 0 Å². The quantitative estimate of drug-likeness (QED) is 0.861. The lowest BCUT2D eigenvalue weighted by molar-refractivity contribution is 0.0359. The van der Waals surface area contributed by atoms with Gasteiger partial charge in [0.15, 0.2) is 0 Å². The highest BCUT2D eigenvalue weighted by Crippen LogP contribution is 2.28. The second kappa shape index (κ2) is 6.00. The summed E-state index contributed by atoms with van der Waals surface area (Å²) >= 11 is 0. The first-order chi connectivity index (χ1) is 9.19. The summed E-state index contributed by atoms with van der Waals surface area (Å²) in [6, 6.07) is 18.3. The van der Waals surface area contributed by atoms with Gasteiger partial charge in [0, 0.05) is 6.54 Å². The smallest absolute Gasteiger partial charge is 0.102 e. The van der Waals surface area contributed by atoms with Crippen molar-refractivity contribution in [3.8, 4) is 11.1 Å². The third-order valence-electron chi connectivity index (χ3n) is 3.53. The Hall–Kier alpha value is -1.64. The molecule has 2 heteroatoms. The van der Waals surface area contributed by atoms with E-state index in [4.69, 9.17) is 5.73 Å². The first kappa shape index (κ1) is 13.8. The average Bonchev–Trinajstić information content (AvgIpc) is 2.48. The van der Waals surface area contributed by atoms with E-state index in [2.05, 4.69) is 19.1 Å². The van der Waals surface area contributed by atoms with Gasteiger partial charge in [0.05, 0.1) is 0 Å². The van der Waals surface area contributed by atoms with Crippen LogP contribution >= 0.6 is 0 Å². The summed E-state index contributed by atoms with van der Waals surface area (Å²) in [5.74, 6) is 0. The van der Waals surface area contributed by atoms with E-state index in [9.17, 15) is 5.11 Å². The molecule has 0 amide bonds. The van der Waals surface area contributed by atoms with E-state index in [1.807, 2.05) is 42.5 Å². The van der Waals surface area contributed by atoms with Crippen LogP contribution in [0.3, 0.4) is 0 Å². The summed E-state index contributed by atoms with van der Waals surface area (Å²) in [5, 5.41) is 10.5. The molecule has 0 radical (unpaired) electrons. The fraction of sp³-hybridized carbons (Fsp3) is 0.294. The van der Waals surface area contributed by atoms with Crippen molar-refractivity contribution >= 4 is 0 Å². The van der Waals surface area contributed by atoms with Crippen LogP contribution in [0.15, 0.2) is 54.6 Å². The third kappa shape index (κ3) is 3.03. The first-order valence-electron chi connectivity index (χ1n) is 6.78. The minimum atomic E-state index is -0.899. The minimum Gasteiger partial charge on any atom is -0.384 e. The van der Waals surface area contributed by atoms with E-state index in [1.54, 1.807) is 0 Å². The van der Waals surface area contributed by atoms with Crippen molar-refractivity contribution in [1.82, 2.24) is 0 Å². The molecule has 0 aliphatic rings. The van der Waals surface area contributed by atoms with Crippen molar-refractivity contribution in [3.05, 3.63) is 60.2 Å². The molecular formula is C17H21NO. The van der Waals surface area contributed by atoms with E-state index in [-0.39, 0.29) is 6.54 Å². The maximum atomic E-state index is 10.5. The van der Waals surface area contributed by atoms with Crippen LogP contribution in [0.4, 0.5) is 0 Å². The van der Waals surface area contributed by atoms with Crippen LogP contribution in [0, 0.1) is 0 Å². The maximum Gasteiger partial charge on any atom is 0.102 e. The number of nitrogens with two attached hydrogens (primary N) is 1. The Balaban J connectivity index is 2.28. The molecule has 2 nitrogen and oxygen atoms in total. The molecule has 100 valence electrons. The molecule has 19 heavy (non-hydrogen) atoms. The van der Waals surface area contributed by atoms with Gasteiger partial charge in [-0.05, 0) is 23.1 Å². The minimum absolute atomic E-state index is 0.255. The summed E-state index contributed by atoms with van der Waals surface area (Å²) in [4.78, 5) is 0. The molecule has 3 N–H and O–H groups in total. The van der Waals surface area contributed by atoms with Crippen LogP contribution in [0.1, 0.15) is 25.3 Å². The molecule has 1 unspecified atom stereocenters. The summed E-state index contributed by atoms with van der Waals surface area (Å²) in [5.41, 5.74) is 8.06. The number of hydrogen-bond acceptors (Lipinski definition) is 2. The molecule has 0 aliphatic heterocycles. The van der Waals surface area contributed by atoms with Gasteiger partial charge in [-0.3, -0.25) is 0 Å². The lowest BCUT2D eigenvalue weighted by Gasteiger charge is -2.26. The van der Waals surface area contributed by atoms with Gasteiger partial charge in [0.1, 0.15) is 5.60 Å². The van der Waals surface area contributed by atoms with Crippen molar-refractivity contribution in [2.24, 2.45) is 5.73 Å². The molecule has 0 saturated heterocycles. The highest BCUT2D eigenvalue weighted by atomic mass is 16.3. The van der Waals surface area contributed by atoms with E-state index < -0.39 is 5.60 Å². The van der Waals surface area contributed by atoms with Crippen molar-refractivity contribution < 1.29 is 5.11 Å². The van der Waals surface area contributed by atoms with Gasteiger partial charge in [-0.1, -0.05) is 67.9 Å². The standard InChI is InChI=1S/C17H21NO/c1-2-12-17(19,13-18)16-10-8-15(9-11-16)14-6-4-3-5-7-14/h3-11,19H,2,12-13,18H2,1H3. The molecular weight excluding hydrogens is 234 g/mol. The molecule has 0 aromatic heterocycles. The van der Waals surface area contributed by atoms with Crippen LogP contribution < -0.4 is 5.73 Å². The Morgan fingerprint density at radius 3 is 2.05 bits per heavy atom. The molecule has 0 bridgehead atoms. The molecule has 0 spiro atoms. The first-order valence-corrected chi connectivity index (χ1v) is 6.78. The number of rotatable bonds is 5. The van der Waals surface area contributed by atoms with Crippen molar-refractivity contribution in [2.75, 3.05) is 6.54 Å². The lowest BCUT2D eigenvalue weighted by Crippen LogP contribution is -2.34. The molecule has 0 saturated carbocycles. The topological polar surface area (TPSA) is 46.2 Å². The van der Waals surface area contributed by atoms with Crippen molar-refractivity contribution in [2.45, 2.75) is 25.4 Å². The molecule has 2 aromatic rings. The van der Waals surface area contributed by atoms with Gasteiger partial charge >= 0.3 is 0 Å². The van der Waals surface area contributed by atoms with Crippen LogP contribution in [-0.4, -0.2) is 11.7 Å². The predicted octanol–water partition coefficient (Wildman–Crippen LogP) is 3.30. The number of hydrogen-bond donors (Lipinski definition) is 2. The third-order valence-corrected chi connectivity index (χ3v) is 3.53. The normalized spacial score (nSPS) is 14.1. The SMILES string of the molecule is CCCC(O)(CN)c1ccc(-c2ccccc2)cc1. The van der Waals surface area contributed by atoms with Crippen LogP contribution in [0.5, 0.6) is 0 Å². The van der Waals surface area contributed by atoms with Crippen LogP contribution in [-0.2, 0) is 5.60 Å². The average molecular weight is 255 g/mol. The van der Waals surface area contributed by atoms with E-state index >= 15 is 0 Å². The Morgan fingerprint density at radius 2 is 1.53 bits per heavy atom. The van der Waals surface area contributed by atoms with E-state index in [1.165, 1.54) is 5.56 Å².